The fraction of sp³-hybridized carbons (Fsp3) is 0.533. The SMILES string of the molecule is CCNC(=NCc1ccc(OC(F)F)c(OCC)c1)NCC.I. The van der Waals surface area contributed by atoms with Crippen LogP contribution >= 0.6 is 24.0 Å². The molecule has 2 N–H and O–H groups in total. The van der Waals surface area contributed by atoms with E-state index in [1.54, 1.807) is 19.1 Å². The van der Waals surface area contributed by atoms with Crippen molar-refractivity contribution in [2.45, 2.75) is 33.9 Å². The van der Waals surface area contributed by atoms with Crippen molar-refractivity contribution in [1.82, 2.24) is 10.6 Å². The Morgan fingerprint density at radius 3 is 2.30 bits per heavy atom. The maximum atomic E-state index is 12.3. The van der Waals surface area contributed by atoms with Gasteiger partial charge in [-0.2, -0.15) is 8.78 Å². The van der Waals surface area contributed by atoms with Crippen LogP contribution in [0.4, 0.5) is 8.78 Å². The Kier molecular flexibility index (Phi) is 11.4. The normalized spacial score (nSPS) is 9.83. The highest BCUT2D eigenvalue weighted by Crippen LogP contribution is 2.30. The summed E-state index contributed by atoms with van der Waals surface area (Å²) >= 11 is 0. The van der Waals surface area contributed by atoms with Crippen molar-refractivity contribution in [1.29, 1.82) is 0 Å². The summed E-state index contributed by atoms with van der Waals surface area (Å²) in [6, 6.07) is 4.83. The topological polar surface area (TPSA) is 54.9 Å². The number of ether oxygens (including phenoxy) is 2. The third-order valence-corrected chi connectivity index (χ3v) is 2.63. The first kappa shape index (κ1) is 21.7. The van der Waals surface area contributed by atoms with Gasteiger partial charge in [-0.25, -0.2) is 4.99 Å². The zero-order valence-corrected chi connectivity index (χ0v) is 15.9. The second-order valence-corrected chi connectivity index (χ2v) is 4.32. The zero-order valence-electron chi connectivity index (χ0n) is 13.6. The van der Waals surface area contributed by atoms with Crippen LogP contribution in [-0.4, -0.2) is 32.3 Å². The van der Waals surface area contributed by atoms with Crippen LogP contribution in [0.5, 0.6) is 11.5 Å². The maximum Gasteiger partial charge on any atom is 0.387 e. The molecule has 0 aromatic heterocycles. The molecule has 0 amide bonds. The van der Waals surface area contributed by atoms with Gasteiger partial charge in [-0.15, -0.1) is 24.0 Å². The molecule has 0 saturated carbocycles. The van der Waals surface area contributed by atoms with Crippen LogP contribution in [-0.2, 0) is 6.54 Å². The predicted octanol–water partition coefficient (Wildman–Crippen LogP) is 3.38. The summed E-state index contributed by atoms with van der Waals surface area (Å²) in [5, 5.41) is 6.23. The molecule has 0 bridgehead atoms. The molecule has 1 aromatic carbocycles. The Balaban J connectivity index is 0.00000484. The molecule has 0 atom stereocenters. The van der Waals surface area contributed by atoms with Crippen LogP contribution in [0.2, 0.25) is 0 Å². The molecule has 0 spiro atoms. The summed E-state index contributed by atoms with van der Waals surface area (Å²) in [6.07, 6.45) is 0. The fourth-order valence-corrected chi connectivity index (χ4v) is 1.79. The van der Waals surface area contributed by atoms with E-state index in [0.717, 1.165) is 18.7 Å². The Morgan fingerprint density at radius 2 is 1.78 bits per heavy atom. The second-order valence-electron chi connectivity index (χ2n) is 4.32. The van der Waals surface area contributed by atoms with E-state index in [9.17, 15) is 8.78 Å². The van der Waals surface area contributed by atoms with E-state index in [0.29, 0.717) is 24.9 Å². The van der Waals surface area contributed by atoms with Crippen molar-refractivity contribution in [3.05, 3.63) is 23.8 Å². The molecule has 0 unspecified atom stereocenters. The largest absolute Gasteiger partial charge is 0.490 e. The van der Waals surface area contributed by atoms with Crippen LogP contribution in [0, 0.1) is 0 Å². The summed E-state index contributed by atoms with van der Waals surface area (Å²) < 4.78 is 34.5. The van der Waals surface area contributed by atoms with Crippen LogP contribution in [0.3, 0.4) is 0 Å². The second kappa shape index (κ2) is 12.1. The molecule has 5 nitrogen and oxygen atoms in total. The summed E-state index contributed by atoms with van der Waals surface area (Å²) in [4.78, 5) is 4.42. The zero-order chi connectivity index (χ0) is 16.4. The highest BCUT2D eigenvalue weighted by atomic mass is 127. The van der Waals surface area contributed by atoms with Crippen molar-refractivity contribution in [2.24, 2.45) is 4.99 Å². The van der Waals surface area contributed by atoms with Gasteiger partial charge in [-0.1, -0.05) is 6.07 Å². The predicted molar refractivity (Wildman–Crippen MR) is 98.2 cm³/mol. The smallest absolute Gasteiger partial charge is 0.387 e. The molecular formula is C15H24F2IN3O2. The molecule has 0 aliphatic heterocycles. The monoisotopic (exact) mass is 443 g/mol. The third-order valence-electron chi connectivity index (χ3n) is 2.63. The minimum absolute atomic E-state index is 0. The first-order chi connectivity index (χ1) is 10.6. The standard InChI is InChI=1S/C15H23F2N3O2.HI/c1-4-18-15(19-5-2)20-10-11-7-8-12(22-14(16)17)13(9-11)21-6-3;/h7-9,14H,4-6,10H2,1-3H3,(H2,18,19,20);1H. The van der Waals surface area contributed by atoms with E-state index in [4.69, 9.17) is 4.74 Å². The number of hydrogen-bond acceptors (Lipinski definition) is 3. The van der Waals surface area contributed by atoms with Crippen molar-refractivity contribution in [3.8, 4) is 11.5 Å². The van der Waals surface area contributed by atoms with Gasteiger partial charge in [0.2, 0.25) is 0 Å². The number of nitrogens with one attached hydrogen (secondary N) is 2. The lowest BCUT2D eigenvalue weighted by atomic mass is 10.2. The minimum Gasteiger partial charge on any atom is -0.490 e. The third kappa shape index (κ3) is 8.19. The molecule has 0 aliphatic carbocycles. The van der Waals surface area contributed by atoms with Gasteiger partial charge in [0.05, 0.1) is 13.2 Å². The van der Waals surface area contributed by atoms with Gasteiger partial charge in [0.1, 0.15) is 0 Å². The van der Waals surface area contributed by atoms with Gasteiger partial charge in [-0.05, 0) is 38.5 Å². The van der Waals surface area contributed by atoms with Gasteiger partial charge in [0.15, 0.2) is 17.5 Å². The van der Waals surface area contributed by atoms with Crippen molar-refractivity contribution in [3.63, 3.8) is 0 Å². The number of alkyl halides is 2. The molecule has 1 rings (SSSR count). The quantitative estimate of drug-likeness (QED) is 0.368. The van der Waals surface area contributed by atoms with Gasteiger partial charge in [0.25, 0.3) is 0 Å². The van der Waals surface area contributed by atoms with Crippen molar-refractivity contribution >= 4 is 29.9 Å². The number of rotatable bonds is 8. The number of hydrogen-bond donors (Lipinski definition) is 2. The molecule has 1 aromatic rings. The highest BCUT2D eigenvalue weighted by Gasteiger charge is 2.11. The van der Waals surface area contributed by atoms with E-state index >= 15 is 0 Å². The summed E-state index contributed by atoms with van der Waals surface area (Å²) in [7, 11) is 0. The number of aliphatic imine (C=N–C) groups is 1. The van der Waals surface area contributed by atoms with E-state index in [-0.39, 0.29) is 29.7 Å². The minimum atomic E-state index is -2.88. The van der Waals surface area contributed by atoms with Gasteiger partial charge in [-0.3, -0.25) is 0 Å². The molecule has 132 valence electrons. The molecule has 0 aliphatic rings. The van der Waals surface area contributed by atoms with Crippen LogP contribution in [0.15, 0.2) is 23.2 Å². The van der Waals surface area contributed by atoms with E-state index < -0.39 is 6.61 Å². The molecule has 0 fully saturated rings. The molecule has 0 heterocycles. The van der Waals surface area contributed by atoms with Crippen LogP contribution in [0.1, 0.15) is 26.3 Å². The van der Waals surface area contributed by atoms with E-state index in [1.807, 2.05) is 13.8 Å². The Bertz CT molecular complexity index is 480. The van der Waals surface area contributed by atoms with Crippen LogP contribution in [0.25, 0.3) is 0 Å². The van der Waals surface area contributed by atoms with Gasteiger partial charge >= 0.3 is 6.61 Å². The molecule has 0 saturated heterocycles. The van der Waals surface area contributed by atoms with E-state index in [1.165, 1.54) is 6.07 Å². The Labute approximate surface area is 152 Å². The van der Waals surface area contributed by atoms with Crippen molar-refractivity contribution < 1.29 is 18.3 Å². The number of guanidine groups is 1. The average molecular weight is 443 g/mol. The average Bonchev–Trinajstić information content (AvgIpc) is 2.47. The first-order valence-corrected chi connectivity index (χ1v) is 7.33. The Hall–Kier alpha value is -1.32. The van der Waals surface area contributed by atoms with Gasteiger partial charge in [0, 0.05) is 13.1 Å². The Morgan fingerprint density at radius 1 is 1.13 bits per heavy atom. The molecular weight excluding hydrogens is 419 g/mol. The molecule has 8 heteroatoms. The lowest BCUT2D eigenvalue weighted by Crippen LogP contribution is -2.36. The molecule has 0 radical (unpaired) electrons. The fourth-order valence-electron chi connectivity index (χ4n) is 1.79. The highest BCUT2D eigenvalue weighted by molar-refractivity contribution is 14.0. The van der Waals surface area contributed by atoms with E-state index in [2.05, 4.69) is 20.4 Å². The lowest BCUT2D eigenvalue weighted by Gasteiger charge is -2.13. The molecule has 23 heavy (non-hydrogen) atoms. The van der Waals surface area contributed by atoms with Crippen molar-refractivity contribution in [2.75, 3.05) is 19.7 Å². The number of halogens is 3. The maximum absolute atomic E-state index is 12.3. The number of nitrogens with zero attached hydrogens (tertiary/aromatic N) is 1. The first-order valence-electron chi connectivity index (χ1n) is 7.33. The summed E-state index contributed by atoms with van der Waals surface area (Å²) in [5.41, 5.74) is 0.846. The summed E-state index contributed by atoms with van der Waals surface area (Å²) in [6.45, 7) is 5.17. The van der Waals surface area contributed by atoms with Crippen LogP contribution < -0.4 is 20.1 Å². The lowest BCUT2D eigenvalue weighted by molar-refractivity contribution is -0.0514. The summed E-state index contributed by atoms with van der Waals surface area (Å²) in [5.74, 6) is 1.03. The number of benzene rings is 1. The van der Waals surface area contributed by atoms with Gasteiger partial charge < -0.3 is 20.1 Å².